The van der Waals surface area contributed by atoms with Gasteiger partial charge in [0, 0.05) is 18.9 Å². The summed E-state index contributed by atoms with van der Waals surface area (Å²) in [7, 11) is -3.37. The van der Waals surface area contributed by atoms with Crippen molar-refractivity contribution in [2.24, 2.45) is 5.28 Å². The monoisotopic (exact) mass is 504 g/mol. The van der Waals surface area contributed by atoms with Gasteiger partial charge >= 0.3 is 5.97 Å². The third-order valence-corrected chi connectivity index (χ3v) is 5.83. The van der Waals surface area contributed by atoms with E-state index in [1.54, 1.807) is 50.2 Å². The largest absolute Gasteiger partial charge is 0.569 e. The minimum Gasteiger partial charge on any atom is -0.569 e. The van der Waals surface area contributed by atoms with Gasteiger partial charge in [0.25, 0.3) is 6.79 Å². The van der Waals surface area contributed by atoms with Crippen LogP contribution >= 0.6 is 0 Å². The zero-order chi connectivity index (χ0) is 26.0. The first-order valence-corrected chi connectivity index (χ1v) is 12.6. The molecule has 2 aromatic carbocycles. The summed E-state index contributed by atoms with van der Waals surface area (Å²) in [6, 6.07) is 12.5. The second-order valence-corrected chi connectivity index (χ2v) is 9.33. The van der Waals surface area contributed by atoms with E-state index in [2.05, 4.69) is 10.6 Å². The molecule has 0 aliphatic heterocycles. The first kappa shape index (κ1) is 27.3. The average Bonchev–Trinajstić information content (AvgIpc) is 2.81. The van der Waals surface area contributed by atoms with Gasteiger partial charge in [-0.1, -0.05) is 24.3 Å². The van der Waals surface area contributed by atoms with E-state index in [1.807, 2.05) is 0 Å². The zero-order valence-electron chi connectivity index (χ0n) is 19.9. The molecule has 1 N–H and O–H groups in total. The molecule has 0 spiro atoms. The van der Waals surface area contributed by atoms with E-state index in [0.29, 0.717) is 29.9 Å². The van der Waals surface area contributed by atoms with Crippen molar-refractivity contribution in [1.29, 1.82) is 0 Å². The smallest absolute Gasteiger partial charge is 0.341 e. The molecule has 0 atom stereocenters. The number of rotatable bonds is 11. The van der Waals surface area contributed by atoms with Crippen molar-refractivity contribution in [3.8, 4) is 0 Å². The zero-order valence-corrected chi connectivity index (χ0v) is 20.7. The molecule has 1 amide bonds. The second kappa shape index (κ2) is 12.5. The number of esters is 1. The van der Waals surface area contributed by atoms with Crippen molar-refractivity contribution in [3.63, 3.8) is 0 Å². The maximum atomic E-state index is 12.8. The van der Waals surface area contributed by atoms with Crippen LogP contribution in [-0.2, 0) is 29.0 Å². The number of hydrogen-bond acceptors (Lipinski definition) is 8. The van der Waals surface area contributed by atoms with Crippen LogP contribution in [0.5, 0.6) is 0 Å². The number of carbonyl (C=O) groups is 2. The highest BCUT2D eigenvalue weighted by atomic mass is 32.2. The Labute approximate surface area is 204 Å². The third kappa shape index (κ3) is 8.41. The lowest BCUT2D eigenvalue weighted by Crippen LogP contribution is -2.30. The summed E-state index contributed by atoms with van der Waals surface area (Å²) in [5.74, 6) is -1.00. The fraction of sp³-hybridized carbons (Fsp3) is 0.304. The van der Waals surface area contributed by atoms with Gasteiger partial charge in [-0.3, -0.25) is 4.79 Å². The van der Waals surface area contributed by atoms with Gasteiger partial charge in [-0.2, -0.15) is 0 Å². The number of hydrogen-bond donors (Lipinski definition) is 1. The fourth-order valence-electron chi connectivity index (χ4n) is 2.92. The molecule has 11 nitrogen and oxygen atoms in total. The molecule has 0 fully saturated rings. The number of amides is 1. The minimum absolute atomic E-state index is 0.137. The van der Waals surface area contributed by atoms with Gasteiger partial charge in [0.1, 0.15) is 0 Å². The molecule has 35 heavy (non-hydrogen) atoms. The first-order chi connectivity index (χ1) is 16.5. The van der Waals surface area contributed by atoms with Crippen LogP contribution in [0.3, 0.4) is 0 Å². The van der Waals surface area contributed by atoms with Crippen LogP contribution in [0.25, 0.3) is 11.6 Å². The van der Waals surface area contributed by atoms with E-state index < -0.39 is 22.6 Å². The van der Waals surface area contributed by atoms with Crippen LogP contribution in [-0.4, -0.2) is 56.4 Å². The molecule has 0 bridgehead atoms. The van der Waals surface area contributed by atoms with Gasteiger partial charge in [0.05, 0.1) is 28.5 Å². The number of benzene rings is 2. The summed E-state index contributed by atoms with van der Waals surface area (Å²) in [5.41, 5.74) is 1.70. The summed E-state index contributed by atoms with van der Waals surface area (Å²) in [6.45, 7) is 5.18. The number of ether oxygens (including phenoxy) is 1. The average molecular weight is 505 g/mol. The van der Waals surface area contributed by atoms with E-state index in [4.69, 9.17) is 9.57 Å². The van der Waals surface area contributed by atoms with Crippen LogP contribution in [0.2, 0.25) is 0 Å². The van der Waals surface area contributed by atoms with Gasteiger partial charge in [-0.15, -0.1) is 5.01 Å². The molecule has 0 aliphatic carbocycles. The van der Waals surface area contributed by atoms with Gasteiger partial charge in [-0.25, -0.2) is 13.2 Å². The minimum atomic E-state index is -3.37. The van der Waals surface area contributed by atoms with Crippen molar-refractivity contribution in [3.05, 3.63) is 64.9 Å². The molecule has 0 heterocycles. The summed E-state index contributed by atoms with van der Waals surface area (Å²) in [4.78, 5) is 29.3. The Balaban J connectivity index is 2.27. The molecule has 0 radical (unpaired) electrons. The van der Waals surface area contributed by atoms with Crippen molar-refractivity contribution in [2.45, 2.75) is 25.7 Å². The van der Waals surface area contributed by atoms with Crippen LogP contribution in [0.15, 0.2) is 58.7 Å². The molecule has 12 heteroatoms. The second-order valence-electron chi connectivity index (χ2n) is 7.31. The van der Waals surface area contributed by atoms with Crippen LogP contribution in [0.1, 0.15) is 31.9 Å². The SMILES string of the molecule is CCN(CC)/[N+]([O-])=N\OCOC(=O)/C(=C/c1ccc(S(C)(=O)=O)cc1)c1ccc(NC(C)=O)cc1. The molecule has 0 saturated carbocycles. The Kier molecular flexibility index (Phi) is 9.76. The number of hydrazine groups is 1. The summed E-state index contributed by atoms with van der Waals surface area (Å²) in [6.07, 6.45) is 2.63. The van der Waals surface area contributed by atoms with Gasteiger partial charge in [-0.05, 0) is 55.3 Å². The van der Waals surface area contributed by atoms with Crippen LogP contribution in [0.4, 0.5) is 5.69 Å². The summed E-state index contributed by atoms with van der Waals surface area (Å²) >= 11 is 0. The van der Waals surface area contributed by atoms with Crippen molar-refractivity contribution < 1.29 is 32.6 Å². The quantitative estimate of drug-likeness (QED) is 0.0719. The summed E-state index contributed by atoms with van der Waals surface area (Å²) in [5, 5.41) is 19.1. The van der Waals surface area contributed by atoms with Gasteiger partial charge in [0.15, 0.2) is 9.84 Å². The Bertz CT molecular complexity index is 1190. The van der Waals surface area contributed by atoms with E-state index in [9.17, 15) is 23.2 Å². The van der Waals surface area contributed by atoms with Crippen molar-refractivity contribution >= 4 is 39.1 Å². The molecule has 0 aliphatic rings. The number of sulfone groups is 1. The predicted octanol–water partition coefficient (Wildman–Crippen LogP) is 3.24. The number of anilines is 1. The predicted molar refractivity (Wildman–Crippen MR) is 129 cm³/mol. The van der Waals surface area contributed by atoms with E-state index in [1.165, 1.54) is 30.1 Å². The fourth-order valence-corrected chi connectivity index (χ4v) is 3.55. The highest BCUT2D eigenvalue weighted by molar-refractivity contribution is 7.90. The third-order valence-electron chi connectivity index (χ3n) is 4.70. The van der Waals surface area contributed by atoms with Crippen LogP contribution < -0.4 is 5.32 Å². The lowest BCUT2D eigenvalue weighted by Gasteiger charge is -2.13. The van der Waals surface area contributed by atoms with Gasteiger partial charge < -0.3 is 20.1 Å². The normalized spacial score (nSPS) is 12.1. The Morgan fingerprint density at radius 1 is 1.09 bits per heavy atom. The number of nitrogens with one attached hydrogen (secondary N) is 1. The van der Waals surface area contributed by atoms with E-state index in [0.717, 1.165) is 6.26 Å². The topological polar surface area (TPSA) is 140 Å². The number of carbonyl (C=O) groups excluding carboxylic acids is 2. The van der Waals surface area contributed by atoms with Gasteiger partial charge in [0.2, 0.25) is 11.2 Å². The maximum absolute atomic E-state index is 12.8. The molecule has 0 unspecified atom stereocenters. The highest BCUT2D eigenvalue weighted by Gasteiger charge is 2.16. The highest BCUT2D eigenvalue weighted by Crippen LogP contribution is 2.23. The number of nitrogens with zero attached hydrogens (tertiary/aromatic N) is 3. The Hall–Kier alpha value is -3.93. The molecule has 188 valence electrons. The molecular weight excluding hydrogens is 476 g/mol. The lowest BCUT2D eigenvalue weighted by atomic mass is 10.0. The van der Waals surface area contributed by atoms with Crippen molar-refractivity contribution in [1.82, 2.24) is 5.01 Å². The van der Waals surface area contributed by atoms with E-state index >= 15 is 0 Å². The molecular formula is C23H28N4O7S. The Morgan fingerprint density at radius 3 is 2.20 bits per heavy atom. The maximum Gasteiger partial charge on any atom is 0.341 e. The van der Waals surface area contributed by atoms with E-state index in [-0.39, 0.29) is 21.3 Å². The molecule has 0 saturated heterocycles. The molecule has 2 rings (SSSR count). The summed E-state index contributed by atoms with van der Waals surface area (Å²) < 4.78 is 28.5. The first-order valence-electron chi connectivity index (χ1n) is 10.7. The van der Waals surface area contributed by atoms with Crippen molar-refractivity contribution in [2.75, 3.05) is 31.5 Å². The standard InChI is InChI=1S/C23H28N4O7S/c1-5-26(6-2)27(30)25-34-16-33-23(29)22(19-9-11-20(12-10-19)24-17(3)28)15-18-7-13-21(14-8-18)35(4,31)32/h7-15H,5-6,16H2,1-4H3,(H,24,28)/b22-15+,27-25+. The molecule has 2 aromatic rings. The Morgan fingerprint density at radius 2 is 1.69 bits per heavy atom. The lowest BCUT2D eigenvalue weighted by molar-refractivity contribution is -0.710. The molecule has 0 aromatic heterocycles. The van der Waals surface area contributed by atoms with Crippen LogP contribution in [0, 0.1) is 5.21 Å².